The standard InChI is InChI=1S/C27H32N2O5/c1-17-6-7-22-26(2,10-8-23-27(22,3)16-33-25(31)34-23)20(17)13-21(19-9-12-32-24(19)30)29-15-18-5-4-11-28-14-18/h4-5,9,11,13-14,20,22-23,29H,1,6-8,10,12,15-16H2,2-3H3/b21-13-/t20?,22?,23?,26-,27+/m1/s1. The number of aromatic nitrogens is 1. The second-order valence-corrected chi connectivity index (χ2v) is 10.4. The van der Waals surface area contributed by atoms with Gasteiger partial charge in [0.15, 0.2) is 0 Å². The lowest BCUT2D eigenvalue weighted by molar-refractivity contribution is -0.188. The van der Waals surface area contributed by atoms with Crippen LogP contribution in [0.2, 0.25) is 0 Å². The molecule has 2 saturated carbocycles. The number of hydrogen-bond donors (Lipinski definition) is 1. The lowest BCUT2D eigenvalue weighted by Crippen LogP contribution is -2.60. The zero-order valence-electron chi connectivity index (χ0n) is 19.8. The van der Waals surface area contributed by atoms with Crippen molar-refractivity contribution < 1.29 is 23.8 Å². The molecule has 0 bridgehead atoms. The first kappa shape index (κ1) is 22.7. The first-order valence-electron chi connectivity index (χ1n) is 12.0. The van der Waals surface area contributed by atoms with Crippen molar-refractivity contribution in [3.05, 3.63) is 65.7 Å². The summed E-state index contributed by atoms with van der Waals surface area (Å²) < 4.78 is 16.2. The average Bonchev–Trinajstić information content (AvgIpc) is 3.25. The quantitative estimate of drug-likeness (QED) is 0.508. The molecule has 3 unspecified atom stereocenters. The topological polar surface area (TPSA) is 86.8 Å². The molecule has 0 spiro atoms. The van der Waals surface area contributed by atoms with Crippen molar-refractivity contribution in [3.63, 3.8) is 0 Å². The summed E-state index contributed by atoms with van der Waals surface area (Å²) in [5.41, 5.74) is 3.19. The molecule has 2 aliphatic heterocycles. The molecule has 2 aliphatic carbocycles. The number of fused-ring (bicyclic) bond motifs is 3. The van der Waals surface area contributed by atoms with Gasteiger partial charge in [-0.15, -0.1) is 0 Å². The van der Waals surface area contributed by atoms with Crippen LogP contribution >= 0.6 is 0 Å². The van der Waals surface area contributed by atoms with Crippen molar-refractivity contribution in [1.82, 2.24) is 10.3 Å². The summed E-state index contributed by atoms with van der Waals surface area (Å²) in [6.45, 7) is 10.2. The fraction of sp³-hybridized carbons (Fsp3) is 0.519. The van der Waals surface area contributed by atoms with Gasteiger partial charge in [-0.2, -0.15) is 0 Å². The van der Waals surface area contributed by atoms with Crippen LogP contribution in [0.3, 0.4) is 0 Å². The molecule has 7 heteroatoms. The highest BCUT2D eigenvalue weighted by Crippen LogP contribution is 2.62. The van der Waals surface area contributed by atoms with E-state index >= 15 is 0 Å². The Balaban J connectivity index is 1.48. The van der Waals surface area contributed by atoms with Crippen LogP contribution in [0.1, 0.15) is 45.1 Å². The Bertz CT molecular complexity index is 1060. The van der Waals surface area contributed by atoms with Crippen molar-refractivity contribution in [2.75, 3.05) is 13.2 Å². The fourth-order valence-electron chi connectivity index (χ4n) is 6.66. The summed E-state index contributed by atoms with van der Waals surface area (Å²) in [6.07, 6.45) is 10.5. The van der Waals surface area contributed by atoms with E-state index in [0.717, 1.165) is 36.9 Å². The summed E-state index contributed by atoms with van der Waals surface area (Å²) in [7, 11) is 0. The van der Waals surface area contributed by atoms with Gasteiger partial charge in [-0.05, 0) is 54.7 Å². The molecule has 1 saturated heterocycles. The Labute approximate surface area is 200 Å². The third kappa shape index (κ3) is 3.81. The minimum atomic E-state index is -0.559. The highest BCUT2D eigenvalue weighted by atomic mass is 16.7. The smallest absolute Gasteiger partial charge is 0.458 e. The highest BCUT2D eigenvalue weighted by molar-refractivity contribution is 5.95. The van der Waals surface area contributed by atoms with E-state index in [1.807, 2.05) is 24.4 Å². The number of cyclic esters (lactones) is 2. The van der Waals surface area contributed by atoms with E-state index in [1.165, 1.54) is 5.57 Å². The first-order chi connectivity index (χ1) is 16.3. The zero-order valence-corrected chi connectivity index (χ0v) is 19.8. The number of pyridine rings is 1. The summed E-state index contributed by atoms with van der Waals surface area (Å²) in [5, 5.41) is 3.48. The van der Waals surface area contributed by atoms with Gasteiger partial charge in [-0.3, -0.25) is 4.98 Å². The second-order valence-electron chi connectivity index (χ2n) is 10.4. The van der Waals surface area contributed by atoms with Crippen molar-refractivity contribution in [3.8, 4) is 0 Å². The first-order valence-corrected chi connectivity index (χ1v) is 12.0. The van der Waals surface area contributed by atoms with Crippen molar-refractivity contribution in [2.45, 2.75) is 52.2 Å². The molecule has 0 aromatic carbocycles. The predicted octanol–water partition coefficient (Wildman–Crippen LogP) is 4.46. The molecule has 4 aliphatic rings. The molecular formula is C27H32N2O5. The van der Waals surface area contributed by atoms with Crippen molar-refractivity contribution in [2.24, 2.45) is 22.7 Å². The molecule has 1 N–H and O–H groups in total. The van der Waals surface area contributed by atoms with Gasteiger partial charge in [0.2, 0.25) is 0 Å². The number of ether oxygens (including phenoxy) is 3. The number of allylic oxidation sites excluding steroid dienone is 2. The van der Waals surface area contributed by atoms with Crippen LogP contribution in [0.4, 0.5) is 4.79 Å². The number of nitrogens with one attached hydrogen (secondary N) is 1. The minimum Gasteiger partial charge on any atom is -0.458 e. The number of esters is 1. The van der Waals surface area contributed by atoms with E-state index in [2.05, 4.69) is 36.8 Å². The SMILES string of the molecule is C=C1CCC2[C@]3(C)COC(=O)OC3CC[C@]2(C)C1/C=C(\NCc1cccnc1)C1=CCOC1=O. The van der Waals surface area contributed by atoms with Gasteiger partial charge >= 0.3 is 12.1 Å². The van der Waals surface area contributed by atoms with Gasteiger partial charge < -0.3 is 19.5 Å². The Morgan fingerprint density at radius 2 is 2.12 bits per heavy atom. The molecule has 0 radical (unpaired) electrons. The van der Waals surface area contributed by atoms with Gasteiger partial charge in [-0.25, -0.2) is 9.59 Å². The molecule has 7 nitrogen and oxygen atoms in total. The molecule has 34 heavy (non-hydrogen) atoms. The van der Waals surface area contributed by atoms with Gasteiger partial charge in [0, 0.05) is 36.0 Å². The van der Waals surface area contributed by atoms with E-state index in [1.54, 1.807) is 6.20 Å². The summed E-state index contributed by atoms with van der Waals surface area (Å²) >= 11 is 0. The molecule has 5 atom stereocenters. The second kappa shape index (κ2) is 8.60. The molecule has 1 aromatic heterocycles. The molecule has 180 valence electrons. The number of carbonyl (C=O) groups excluding carboxylic acids is 2. The summed E-state index contributed by atoms with van der Waals surface area (Å²) in [4.78, 5) is 28.5. The number of hydrogen-bond acceptors (Lipinski definition) is 7. The Kier molecular flexibility index (Phi) is 5.74. The Hall–Kier alpha value is -3.09. The van der Waals surface area contributed by atoms with Crippen LogP contribution in [-0.2, 0) is 25.5 Å². The molecule has 3 heterocycles. The molecular weight excluding hydrogens is 432 g/mol. The van der Waals surface area contributed by atoms with Crippen LogP contribution in [-0.4, -0.2) is 36.4 Å². The van der Waals surface area contributed by atoms with Gasteiger partial charge in [-0.1, -0.05) is 38.1 Å². The lowest BCUT2D eigenvalue weighted by atomic mass is 9.46. The highest BCUT2D eigenvalue weighted by Gasteiger charge is 2.60. The molecule has 1 aromatic rings. The maximum atomic E-state index is 12.5. The third-order valence-corrected chi connectivity index (χ3v) is 8.47. The van der Waals surface area contributed by atoms with Crippen LogP contribution in [0.5, 0.6) is 0 Å². The van der Waals surface area contributed by atoms with E-state index in [0.29, 0.717) is 24.6 Å². The van der Waals surface area contributed by atoms with E-state index in [9.17, 15) is 9.59 Å². The number of rotatable bonds is 5. The largest absolute Gasteiger partial charge is 0.508 e. The van der Waals surface area contributed by atoms with Gasteiger partial charge in [0.1, 0.15) is 19.3 Å². The minimum absolute atomic E-state index is 0.0624. The van der Waals surface area contributed by atoms with Crippen molar-refractivity contribution in [1.29, 1.82) is 0 Å². The van der Waals surface area contributed by atoms with E-state index < -0.39 is 6.16 Å². The normalized spacial score (nSPS) is 35.4. The molecule has 0 amide bonds. The zero-order chi connectivity index (χ0) is 23.9. The van der Waals surface area contributed by atoms with E-state index in [4.69, 9.17) is 14.2 Å². The van der Waals surface area contributed by atoms with Gasteiger partial charge in [0.05, 0.1) is 5.57 Å². The Morgan fingerprint density at radius 3 is 2.85 bits per heavy atom. The number of carbonyl (C=O) groups is 2. The monoisotopic (exact) mass is 464 g/mol. The third-order valence-electron chi connectivity index (χ3n) is 8.47. The average molecular weight is 465 g/mol. The Morgan fingerprint density at radius 1 is 1.26 bits per heavy atom. The molecule has 5 rings (SSSR count). The molecule has 3 fully saturated rings. The summed E-state index contributed by atoms with van der Waals surface area (Å²) in [5.74, 6) is 0.0476. The summed E-state index contributed by atoms with van der Waals surface area (Å²) in [6, 6.07) is 3.90. The maximum Gasteiger partial charge on any atom is 0.508 e. The maximum absolute atomic E-state index is 12.5. The predicted molar refractivity (Wildman–Crippen MR) is 125 cm³/mol. The van der Waals surface area contributed by atoms with Crippen LogP contribution < -0.4 is 5.32 Å². The van der Waals surface area contributed by atoms with Crippen LogP contribution in [0, 0.1) is 22.7 Å². The van der Waals surface area contributed by atoms with Crippen LogP contribution in [0.25, 0.3) is 0 Å². The van der Waals surface area contributed by atoms with Crippen LogP contribution in [0.15, 0.2) is 60.1 Å². The lowest BCUT2D eigenvalue weighted by Gasteiger charge is -2.60. The van der Waals surface area contributed by atoms with Crippen molar-refractivity contribution >= 4 is 12.1 Å². The fourth-order valence-corrected chi connectivity index (χ4v) is 6.66. The van der Waals surface area contributed by atoms with E-state index in [-0.39, 0.29) is 35.4 Å². The number of nitrogens with zero attached hydrogens (tertiary/aromatic N) is 1. The van der Waals surface area contributed by atoms with Gasteiger partial charge in [0.25, 0.3) is 0 Å².